The Morgan fingerprint density at radius 1 is 1.15 bits per heavy atom. The Balaban J connectivity index is 1.82. The van der Waals surface area contributed by atoms with Crippen LogP contribution in [0.4, 0.5) is 4.39 Å². The molecule has 0 aliphatic heterocycles. The molecule has 3 aromatic rings. The standard InChI is InChI=1S/C23H24FNO/c1-3-17-11-12-19-21(17)15-25(14-16-7-6-8-18(13-16)26-2)23(19)20-9-4-5-10-22(20)24/h4-10,13,15,17H,3,11-12,14H2,1-2H3. The van der Waals surface area contributed by atoms with Crippen LogP contribution in [0.15, 0.2) is 54.7 Å². The van der Waals surface area contributed by atoms with Gasteiger partial charge in [-0.3, -0.25) is 0 Å². The maximum absolute atomic E-state index is 14.6. The number of hydrogen-bond donors (Lipinski definition) is 0. The highest BCUT2D eigenvalue weighted by Crippen LogP contribution is 2.42. The summed E-state index contributed by atoms with van der Waals surface area (Å²) in [6.45, 7) is 2.95. The van der Waals surface area contributed by atoms with Gasteiger partial charge in [0.05, 0.1) is 12.8 Å². The smallest absolute Gasteiger partial charge is 0.132 e. The number of aromatic nitrogens is 1. The van der Waals surface area contributed by atoms with Crippen molar-refractivity contribution in [3.8, 4) is 17.0 Å². The first kappa shape index (κ1) is 16.9. The van der Waals surface area contributed by atoms with Gasteiger partial charge in [0, 0.05) is 18.3 Å². The second-order valence-corrected chi connectivity index (χ2v) is 7.01. The van der Waals surface area contributed by atoms with Crippen LogP contribution < -0.4 is 4.74 Å². The molecular formula is C23H24FNO. The van der Waals surface area contributed by atoms with Crippen LogP contribution >= 0.6 is 0 Å². The fourth-order valence-corrected chi connectivity index (χ4v) is 4.20. The predicted molar refractivity (Wildman–Crippen MR) is 103 cm³/mol. The Morgan fingerprint density at radius 3 is 2.77 bits per heavy atom. The van der Waals surface area contributed by atoms with Crippen molar-refractivity contribution < 1.29 is 9.13 Å². The third-order valence-corrected chi connectivity index (χ3v) is 5.51. The summed E-state index contributed by atoms with van der Waals surface area (Å²) in [5.41, 5.74) is 5.62. The van der Waals surface area contributed by atoms with Crippen molar-refractivity contribution in [2.24, 2.45) is 0 Å². The molecule has 1 unspecified atom stereocenters. The van der Waals surface area contributed by atoms with E-state index in [1.807, 2.05) is 30.3 Å². The molecular weight excluding hydrogens is 325 g/mol. The lowest BCUT2D eigenvalue weighted by molar-refractivity contribution is 0.414. The third-order valence-electron chi connectivity index (χ3n) is 5.51. The SMILES string of the molecule is CCC1CCc2c1cn(Cc1cccc(OC)c1)c2-c1ccccc1F. The van der Waals surface area contributed by atoms with Gasteiger partial charge in [-0.15, -0.1) is 0 Å². The van der Waals surface area contributed by atoms with E-state index in [-0.39, 0.29) is 5.82 Å². The zero-order valence-electron chi connectivity index (χ0n) is 15.3. The Bertz CT molecular complexity index is 928. The Labute approximate surface area is 154 Å². The number of rotatable bonds is 5. The van der Waals surface area contributed by atoms with E-state index in [2.05, 4.69) is 23.8 Å². The van der Waals surface area contributed by atoms with E-state index in [4.69, 9.17) is 4.74 Å². The average Bonchev–Trinajstić information content (AvgIpc) is 3.21. The van der Waals surface area contributed by atoms with Gasteiger partial charge in [0.2, 0.25) is 0 Å². The molecule has 0 radical (unpaired) electrons. The number of benzene rings is 2. The van der Waals surface area contributed by atoms with Crippen LogP contribution in [-0.2, 0) is 13.0 Å². The first-order valence-electron chi connectivity index (χ1n) is 9.31. The van der Waals surface area contributed by atoms with Gasteiger partial charge in [-0.1, -0.05) is 31.2 Å². The molecule has 1 aromatic heterocycles. The van der Waals surface area contributed by atoms with Crippen molar-refractivity contribution in [3.05, 3.63) is 77.2 Å². The maximum Gasteiger partial charge on any atom is 0.132 e. The van der Waals surface area contributed by atoms with Crippen molar-refractivity contribution in [2.45, 2.75) is 38.6 Å². The van der Waals surface area contributed by atoms with Gasteiger partial charge in [-0.25, -0.2) is 4.39 Å². The summed E-state index contributed by atoms with van der Waals surface area (Å²) in [6, 6.07) is 15.2. The molecule has 134 valence electrons. The highest BCUT2D eigenvalue weighted by Gasteiger charge is 2.28. The Morgan fingerprint density at radius 2 is 2.00 bits per heavy atom. The molecule has 0 bridgehead atoms. The van der Waals surface area contributed by atoms with Gasteiger partial charge in [-0.2, -0.15) is 0 Å². The lowest BCUT2D eigenvalue weighted by Gasteiger charge is -2.13. The van der Waals surface area contributed by atoms with Crippen LogP contribution in [0.5, 0.6) is 5.75 Å². The number of methoxy groups -OCH3 is 1. The second-order valence-electron chi connectivity index (χ2n) is 7.01. The number of hydrogen-bond acceptors (Lipinski definition) is 1. The minimum atomic E-state index is -0.153. The highest BCUT2D eigenvalue weighted by atomic mass is 19.1. The molecule has 2 nitrogen and oxygen atoms in total. The zero-order valence-corrected chi connectivity index (χ0v) is 15.3. The van der Waals surface area contributed by atoms with Gasteiger partial charge in [0.15, 0.2) is 0 Å². The normalized spacial score (nSPS) is 15.9. The van der Waals surface area contributed by atoms with Gasteiger partial charge < -0.3 is 9.30 Å². The molecule has 1 heterocycles. The van der Waals surface area contributed by atoms with Crippen molar-refractivity contribution >= 4 is 0 Å². The summed E-state index contributed by atoms with van der Waals surface area (Å²) in [5.74, 6) is 1.28. The fourth-order valence-electron chi connectivity index (χ4n) is 4.20. The molecule has 1 aliphatic rings. The molecule has 1 atom stereocenters. The van der Waals surface area contributed by atoms with Crippen LogP contribution in [0, 0.1) is 5.82 Å². The quantitative estimate of drug-likeness (QED) is 0.568. The van der Waals surface area contributed by atoms with Gasteiger partial charge in [0.1, 0.15) is 11.6 Å². The minimum Gasteiger partial charge on any atom is -0.497 e. The first-order chi connectivity index (χ1) is 12.7. The molecule has 26 heavy (non-hydrogen) atoms. The molecule has 3 heteroatoms. The summed E-state index contributed by atoms with van der Waals surface area (Å²) in [7, 11) is 1.68. The lowest BCUT2D eigenvalue weighted by Crippen LogP contribution is -2.03. The van der Waals surface area contributed by atoms with Crippen LogP contribution in [0.25, 0.3) is 11.3 Å². The highest BCUT2D eigenvalue weighted by molar-refractivity contribution is 5.68. The molecule has 4 rings (SSSR count). The molecule has 0 saturated carbocycles. The van der Waals surface area contributed by atoms with Crippen LogP contribution in [0.3, 0.4) is 0 Å². The molecule has 1 aliphatic carbocycles. The topological polar surface area (TPSA) is 14.2 Å². The van der Waals surface area contributed by atoms with Crippen LogP contribution in [0.1, 0.15) is 42.4 Å². The van der Waals surface area contributed by atoms with E-state index in [0.717, 1.165) is 29.8 Å². The molecule has 0 N–H and O–H groups in total. The lowest BCUT2D eigenvalue weighted by atomic mass is 10.0. The van der Waals surface area contributed by atoms with E-state index in [0.29, 0.717) is 18.0 Å². The molecule has 0 amide bonds. The van der Waals surface area contributed by atoms with Crippen molar-refractivity contribution in [1.29, 1.82) is 0 Å². The van der Waals surface area contributed by atoms with Crippen molar-refractivity contribution in [2.75, 3.05) is 7.11 Å². The van der Waals surface area contributed by atoms with Gasteiger partial charge in [-0.05, 0) is 66.1 Å². The van der Waals surface area contributed by atoms with E-state index in [1.165, 1.54) is 17.5 Å². The van der Waals surface area contributed by atoms with Crippen molar-refractivity contribution in [1.82, 2.24) is 4.57 Å². The molecule has 0 fully saturated rings. The first-order valence-corrected chi connectivity index (χ1v) is 9.31. The summed E-state index contributed by atoms with van der Waals surface area (Å²) < 4.78 is 22.2. The fraction of sp³-hybridized carbons (Fsp3) is 0.304. The number of ether oxygens (including phenoxy) is 1. The Kier molecular flexibility index (Phi) is 4.54. The molecule has 0 spiro atoms. The minimum absolute atomic E-state index is 0.153. The number of fused-ring (bicyclic) bond motifs is 1. The van der Waals surface area contributed by atoms with E-state index in [9.17, 15) is 4.39 Å². The second kappa shape index (κ2) is 6.99. The predicted octanol–water partition coefficient (Wildman–Crippen LogP) is 5.79. The molecule has 0 saturated heterocycles. The van der Waals surface area contributed by atoms with Gasteiger partial charge in [0.25, 0.3) is 0 Å². The Hall–Kier alpha value is -2.55. The summed E-state index contributed by atoms with van der Waals surface area (Å²) in [4.78, 5) is 0. The average molecular weight is 349 g/mol. The monoisotopic (exact) mass is 349 g/mol. The van der Waals surface area contributed by atoms with Crippen LogP contribution in [-0.4, -0.2) is 11.7 Å². The largest absolute Gasteiger partial charge is 0.497 e. The van der Waals surface area contributed by atoms with E-state index in [1.54, 1.807) is 19.2 Å². The van der Waals surface area contributed by atoms with Crippen molar-refractivity contribution in [3.63, 3.8) is 0 Å². The third kappa shape index (κ3) is 2.92. The number of nitrogens with zero attached hydrogens (tertiary/aromatic N) is 1. The van der Waals surface area contributed by atoms with Crippen LogP contribution in [0.2, 0.25) is 0 Å². The molecule has 2 aromatic carbocycles. The van der Waals surface area contributed by atoms with E-state index >= 15 is 0 Å². The summed E-state index contributed by atoms with van der Waals surface area (Å²) >= 11 is 0. The summed E-state index contributed by atoms with van der Waals surface area (Å²) in [5, 5.41) is 0. The van der Waals surface area contributed by atoms with E-state index < -0.39 is 0 Å². The summed E-state index contributed by atoms with van der Waals surface area (Å²) in [6.07, 6.45) is 5.58. The zero-order chi connectivity index (χ0) is 18.1. The van der Waals surface area contributed by atoms with Gasteiger partial charge >= 0.3 is 0 Å². The maximum atomic E-state index is 14.6. The number of halogens is 1.